The number of aldehydes is 1. The number of nitrogens with one attached hydrogen (secondary N) is 1. The molecule has 1 aromatic heterocycles. The lowest BCUT2D eigenvalue weighted by atomic mass is 9.81. The molecule has 0 spiro atoms. The predicted molar refractivity (Wildman–Crippen MR) is 105 cm³/mol. The molecule has 28 heavy (non-hydrogen) atoms. The van der Waals surface area contributed by atoms with Gasteiger partial charge in [-0.1, -0.05) is 18.2 Å². The fourth-order valence-electron chi connectivity index (χ4n) is 3.90. The van der Waals surface area contributed by atoms with E-state index in [1.54, 1.807) is 6.07 Å². The molecule has 1 aliphatic heterocycles. The number of amidine groups is 1. The minimum absolute atomic E-state index is 0.0790. The van der Waals surface area contributed by atoms with E-state index in [4.69, 9.17) is 5.73 Å². The number of amides is 1. The van der Waals surface area contributed by atoms with Gasteiger partial charge in [0.05, 0.1) is 11.1 Å². The van der Waals surface area contributed by atoms with E-state index in [0.717, 1.165) is 25.0 Å². The molecule has 4 rings (SSSR count). The highest BCUT2D eigenvalue weighted by Crippen LogP contribution is 2.51. The van der Waals surface area contributed by atoms with E-state index in [0.29, 0.717) is 22.7 Å². The summed E-state index contributed by atoms with van der Waals surface area (Å²) in [5, 5.41) is 3.15. The normalized spacial score (nSPS) is 23.6. The molecule has 9 heteroatoms. The van der Waals surface area contributed by atoms with Gasteiger partial charge in [-0.3, -0.25) is 14.6 Å². The lowest BCUT2D eigenvalue weighted by Crippen LogP contribution is -2.37. The monoisotopic (exact) mass is 399 g/mol. The Hall–Kier alpha value is -2.81. The molecule has 0 bridgehead atoms. The molecule has 2 heterocycles. The van der Waals surface area contributed by atoms with E-state index in [1.807, 2.05) is 0 Å². The van der Waals surface area contributed by atoms with Crippen LogP contribution in [0, 0.1) is 11.7 Å². The molecule has 2 aliphatic rings. The summed E-state index contributed by atoms with van der Waals surface area (Å²) in [6.45, 7) is 0. The molecule has 0 radical (unpaired) electrons. The summed E-state index contributed by atoms with van der Waals surface area (Å²) in [5.41, 5.74) is 6.44. The standard InChI is InChI=1S/C19H18FN5O2S/c20-15-4-3-13(24-17(27)16-22-7-11(9-26)8-23-16)6-14(15)19-5-1-2-12(19)10-28-18(21)25-19/h3-4,6-9,12H,1-2,5,10H2,(H2,21,25)(H,24,27)/t12-,19-/m0/s1. The van der Waals surface area contributed by atoms with Crippen LogP contribution in [0.4, 0.5) is 10.1 Å². The second kappa shape index (κ2) is 7.31. The number of nitrogens with zero attached hydrogens (tertiary/aromatic N) is 3. The number of fused-ring (bicyclic) bond motifs is 1. The molecule has 0 unspecified atom stereocenters. The Morgan fingerprint density at radius 1 is 1.36 bits per heavy atom. The maximum atomic E-state index is 14.8. The van der Waals surface area contributed by atoms with Gasteiger partial charge in [0.25, 0.3) is 5.91 Å². The third-order valence-corrected chi connectivity index (χ3v) is 6.19. The SMILES string of the molecule is NC1=N[C@@]2(c3cc(NC(=O)c4ncc(C=O)cn4)ccc3F)CCC[C@H]2CS1. The summed E-state index contributed by atoms with van der Waals surface area (Å²) in [7, 11) is 0. The zero-order valence-electron chi connectivity index (χ0n) is 14.9. The van der Waals surface area contributed by atoms with Crippen molar-refractivity contribution in [2.45, 2.75) is 24.8 Å². The maximum absolute atomic E-state index is 14.8. The Labute approximate surface area is 165 Å². The van der Waals surface area contributed by atoms with Crippen LogP contribution < -0.4 is 11.1 Å². The maximum Gasteiger partial charge on any atom is 0.293 e. The van der Waals surface area contributed by atoms with Gasteiger partial charge in [0.15, 0.2) is 11.5 Å². The molecule has 1 aliphatic carbocycles. The Bertz CT molecular complexity index is 965. The molecule has 144 valence electrons. The van der Waals surface area contributed by atoms with Crippen LogP contribution in [0.5, 0.6) is 0 Å². The fraction of sp³-hybridized carbons (Fsp3) is 0.316. The third kappa shape index (κ3) is 3.26. The number of halogens is 1. The Morgan fingerprint density at radius 2 is 2.14 bits per heavy atom. The third-order valence-electron chi connectivity index (χ3n) is 5.23. The van der Waals surface area contributed by atoms with Gasteiger partial charge < -0.3 is 11.1 Å². The molecular formula is C19H18FN5O2S. The van der Waals surface area contributed by atoms with Gasteiger partial charge in [-0.15, -0.1) is 0 Å². The van der Waals surface area contributed by atoms with Gasteiger partial charge >= 0.3 is 0 Å². The molecule has 1 amide bonds. The first-order valence-electron chi connectivity index (χ1n) is 8.88. The number of carbonyl (C=O) groups excluding carboxylic acids is 2. The number of hydrogen-bond acceptors (Lipinski definition) is 7. The average molecular weight is 399 g/mol. The van der Waals surface area contributed by atoms with E-state index in [-0.39, 0.29) is 23.1 Å². The molecule has 0 saturated heterocycles. The van der Waals surface area contributed by atoms with Crippen molar-refractivity contribution in [3.63, 3.8) is 0 Å². The fourth-order valence-corrected chi connectivity index (χ4v) is 4.94. The van der Waals surface area contributed by atoms with Gasteiger partial charge in [-0.2, -0.15) is 0 Å². The first-order chi connectivity index (χ1) is 13.5. The highest BCUT2D eigenvalue weighted by molar-refractivity contribution is 8.13. The van der Waals surface area contributed by atoms with Gasteiger partial charge in [0, 0.05) is 29.4 Å². The number of aliphatic imine (C=N–C) groups is 1. The van der Waals surface area contributed by atoms with E-state index >= 15 is 0 Å². The van der Waals surface area contributed by atoms with Crippen molar-refractivity contribution in [2.24, 2.45) is 16.6 Å². The topological polar surface area (TPSA) is 110 Å². The lowest BCUT2D eigenvalue weighted by Gasteiger charge is -2.36. The van der Waals surface area contributed by atoms with Crippen molar-refractivity contribution in [2.75, 3.05) is 11.1 Å². The summed E-state index contributed by atoms with van der Waals surface area (Å²) in [6, 6.07) is 4.44. The van der Waals surface area contributed by atoms with Crippen molar-refractivity contribution < 1.29 is 14.0 Å². The number of rotatable bonds is 4. The summed E-state index contributed by atoms with van der Waals surface area (Å²) >= 11 is 1.50. The number of anilines is 1. The smallest absolute Gasteiger partial charge is 0.293 e. The van der Waals surface area contributed by atoms with Crippen LogP contribution in [0.25, 0.3) is 0 Å². The number of hydrogen-bond donors (Lipinski definition) is 2. The van der Waals surface area contributed by atoms with Crippen LogP contribution in [-0.2, 0) is 5.54 Å². The van der Waals surface area contributed by atoms with Gasteiger partial charge in [-0.05, 0) is 37.0 Å². The summed E-state index contributed by atoms with van der Waals surface area (Å²) in [4.78, 5) is 35.5. The van der Waals surface area contributed by atoms with Crippen molar-refractivity contribution >= 4 is 34.8 Å². The molecule has 7 nitrogen and oxygen atoms in total. The highest BCUT2D eigenvalue weighted by Gasteiger charge is 2.48. The first-order valence-corrected chi connectivity index (χ1v) is 9.87. The molecule has 1 saturated carbocycles. The highest BCUT2D eigenvalue weighted by atomic mass is 32.2. The van der Waals surface area contributed by atoms with E-state index in [9.17, 15) is 14.0 Å². The number of nitrogens with two attached hydrogens (primary N) is 1. The van der Waals surface area contributed by atoms with E-state index in [2.05, 4.69) is 20.3 Å². The lowest BCUT2D eigenvalue weighted by molar-refractivity contribution is 0.101. The van der Waals surface area contributed by atoms with Crippen molar-refractivity contribution in [3.8, 4) is 0 Å². The number of aromatic nitrogens is 2. The number of thioether (sulfide) groups is 1. The molecule has 3 N–H and O–H groups in total. The largest absolute Gasteiger partial charge is 0.379 e. The number of benzene rings is 1. The van der Waals surface area contributed by atoms with Crippen molar-refractivity contribution in [3.05, 3.63) is 53.4 Å². The van der Waals surface area contributed by atoms with Crippen LogP contribution in [0.2, 0.25) is 0 Å². The van der Waals surface area contributed by atoms with Gasteiger partial charge in [-0.25, -0.2) is 14.4 Å². The molecular weight excluding hydrogens is 381 g/mol. The first kappa shape index (κ1) is 18.5. The predicted octanol–water partition coefficient (Wildman–Crippen LogP) is 2.74. The summed E-state index contributed by atoms with van der Waals surface area (Å²) in [6.07, 6.45) is 5.78. The van der Waals surface area contributed by atoms with E-state index < -0.39 is 11.4 Å². The van der Waals surface area contributed by atoms with Gasteiger partial charge in [0.2, 0.25) is 5.82 Å². The average Bonchev–Trinajstić information content (AvgIpc) is 3.13. The second-order valence-electron chi connectivity index (χ2n) is 6.88. The molecule has 1 aromatic carbocycles. The minimum Gasteiger partial charge on any atom is -0.379 e. The Balaban J connectivity index is 1.65. The second-order valence-corrected chi connectivity index (χ2v) is 7.92. The van der Waals surface area contributed by atoms with Crippen molar-refractivity contribution in [1.29, 1.82) is 0 Å². The quantitative estimate of drug-likeness (QED) is 0.765. The summed E-state index contributed by atoms with van der Waals surface area (Å²) < 4.78 is 14.8. The zero-order chi connectivity index (χ0) is 19.7. The van der Waals surface area contributed by atoms with Crippen LogP contribution in [0.3, 0.4) is 0 Å². The molecule has 2 atom stereocenters. The number of carbonyl (C=O) groups is 2. The van der Waals surface area contributed by atoms with Gasteiger partial charge in [0.1, 0.15) is 5.82 Å². The van der Waals surface area contributed by atoms with E-state index in [1.165, 1.54) is 36.3 Å². The van der Waals surface area contributed by atoms with Crippen LogP contribution >= 0.6 is 11.8 Å². The molecule has 2 aromatic rings. The van der Waals surface area contributed by atoms with Crippen LogP contribution in [0.1, 0.15) is 45.8 Å². The summed E-state index contributed by atoms with van der Waals surface area (Å²) in [5.74, 6) is 0.0363. The zero-order valence-corrected chi connectivity index (χ0v) is 15.7. The molecule has 1 fully saturated rings. The Kier molecular flexibility index (Phi) is 4.84. The van der Waals surface area contributed by atoms with Crippen LogP contribution in [-0.4, -0.2) is 33.1 Å². The van der Waals surface area contributed by atoms with Crippen molar-refractivity contribution in [1.82, 2.24) is 9.97 Å². The van der Waals surface area contributed by atoms with Crippen LogP contribution in [0.15, 0.2) is 35.6 Å². The Morgan fingerprint density at radius 3 is 2.89 bits per heavy atom. The minimum atomic E-state index is -0.678.